The van der Waals surface area contributed by atoms with Crippen molar-refractivity contribution in [3.05, 3.63) is 21.9 Å². The minimum absolute atomic E-state index is 0.508. The fourth-order valence-electron chi connectivity index (χ4n) is 1.47. The smallest absolute Gasteiger partial charge is 0.173 e. The van der Waals surface area contributed by atoms with Crippen LogP contribution in [0.3, 0.4) is 0 Å². The first-order valence-electron chi connectivity index (χ1n) is 4.51. The van der Waals surface area contributed by atoms with Gasteiger partial charge in [-0.3, -0.25) is 0 Å². The lowest BCUT2D eigenvalue weighted by atomic mass is 10.1. The molecule has 2 heterocycles. The molecule has 14 heavy (non-hydrogen) atoms. The lowest BCUT2D eigenvalue weighted by Gasteiger charge is -1.97. The molecule has 3 nitrogen and oxygen atoms in total. The van der Waals surface area contributed by atoms with E-state index in [0.717, 1.165) is 23.3 Å². The van der Waals surface area contributed by atoms with Gasteiger partial charge in [0, 0.05) is 16.5 Å². The number of anilines is 1. The van der Waals surface area contributed by atoms with Gasteiger partial charge in [-0.05, 0) is 24.3 Å². The molecule has 0 aliphatic rings. The van der Waals surface area contributed by atoms with E-state index in [9.17, 15) is 0 Å². The van der Waals surface area contributed by atoms with Gasteiger partial charge in [0.1, 0.15) is 0 Å². The van der Waals surface area contributed by atoms with Crippen molar-refractivity contribution in [2.24, 2.45) is 0 Å². The summed E-state index contributed by atoms with van der Waals surface area (Å²) in [7, 11) is 0. The topological polar surface area (TPSA) is 52.0 Å². The SMILES string of the molecule is CCc1c(N)noc1-c1cscc1C. The van der Waals surface area contributed by atoms with E-state index in [0.29, 0.717) is 5.82 Å². The maximum atomic E-state index is 5.71. The van der Waals surface area contributed by atoms with E-state index >= 15 is 0 Å². The number of aryl methyl sites for hydroxylation is 1. The second-order valence-corrected chi connectivity index (χ2v) is 3.94. The second-order valence-electron chi connectivity index (χ2n) is 3.20. The van der Waals surface area contributed by atoms with Gasteiger partial charge >= 0.3 is 0 Å². The Morgan fingerprint density at radius 2 is 2.29 bits per heavy atom. The summed E-state index contributed by atoms with van der Waals surface area (Å²) in [6, 6.07) is 0. The first-order chi connectivity index (χ1) is 6.74. The molecule has 0 fully saturated rings. The molecule has 4 heteroatoms. The number of aromatic nitrogens is 1. The van der Waals surface area contributed by atoms with Gasteiger partial charge in [0.15, 0.2) is 11.6 Å². The van der Waals surface area contributed by atoms with E-state index < -0.39 is 0 Å². The fourth-order valence-corrected chi connectivity index (χ4v) is 2.30. The van der Waals surface area contributed by atoms with E-state index in [1.807, 2.05) is 6.92 Å². The molecule has 0 saturated heterocycles. The molecule has 2 N–H and O–H groups in total. The van der Waals surface area contributed by atoms with Crippen LogP contribution < -0.4 is 5.73 Å². The highest BCUT2D eigenvalue weighted by molar-refractivity contribution is 7.08. The Kier molecular flexibility index (Phi) is 2.29. The summed E-state index contributed by atoms with van der Waals surface area (Å²) in [5.74, 6) is 1.33. The van der Waals surface area contributed by atoms with Gasteiger partial charge in [-0.25, -0.2) is 0 Å². The Bertz CT molecular complexity index is 445. The third kappa shape index (κ3) is 1.32. The fraction of sp³-hybridized carbons (Fsp3) is 0.300. The van der Waals surface area contributed by atoms with Gasteiger partial charge in [-0.15, -0.1) is 0 Å². The zero-order chi connectivity index (χ0) is 10.1. The molecule has 0 atom stereocenters. The Hall–Kier alpha value is -1.29. The van der Waals surface area contributed by atoms with E-state index in [1.165, 1.54) is 5.56 Å². The standard InChI is InChI=1S/C10H12N2OS/c1-3-7-9(13-12-10(7)11)8-5-14-4-6(8)2/h4-5H,3H2,1-2H3,(H2,11,12). The quantitative estimate of drug-likeness (QED) is 0.825. The second kappa shape index (κ2) is 3.46. The van der Waals surface area contributed by atoms with Gasteiger partial charge in [0.05, 0.1) is 0 Å². The Morgan fingerprint density at radius 3 is 2.86 bits per heavy atom. The van der Waals surface area contributed by atoms with Crippen molar-refractivity contribution in [1.82, 2.24) is 5.16 Å². The van der Waals surface area contributed by atoms with Crippen molar-refractivity contribution < 1.29 is 4.52 Å². The monoisotopic (exact) mass is 208 g/mol. The summed E-state index contributed by atoms with van der Waals surface area (Å²) in [6.07, 6.45) is 0.847. The molecule has 0 saturated carbocycles. The van der Waals surface area contributed by atoms with Crippen molar-refractivity contribution in [3.63, 3.8) is 0 Å². The van der Waals surface area contributed by atoms with Crippen LogP contribution in [0.25, 0.3) is 11.3 Å². The molecule has 74 valence electrons. The average Bonchev–Trinajstić information content (AvgIpc) is 2.71. The highest BCUT2D eigenvalue weighted by Gasteiger charge is 2.15. The van der Waals surface area contributed by atoms with Crippen LogP contribution in [0.1, 0.15) is 18.1 Å². The summed E-state index contributed by atoms with van der Waals surface area (Å²) in [5.41, 5.74) is 9.03. The first-order valence-corrected chi connectivity index (χ1v) is 5.45. The molecule has 0 aliphatic carbocycles. The predicted octanol–water partition coefficient (Wildman–Crippen LogP) is 2.86. The highest BCUT2D eigenvalue weighted by atomic mass is 32.1. The Labute approximate surface area is 86.5 Å². The Morgan fingerprint density at radius 1 is 1.50 bits per heavy atom. The molecular formula is C10H12N2OS. The summed E-state index contributed by atoms with van der Waals surface area (Å²) >= 11 is 1.66. The van der Waals surface area contributed by atoms with E-state index in [2.05, 4.69) is 22.8 Å². The molecule has 0 bridgehead atoms. The summed E-state index contributed by atoms with van der Waals surface area (Å²) < 4.78 is 5.24. The number of hydrogen-bond donors (Lipinski definition) is 1. The van der Waals surface area contributed by atoms with Crippen LogP contribution in [-0.2, 0) is 6.42 Å². The number of nitrogens with zero attached hydrogens (tertiary/aromatic N) is 1. The summed E-state index contributed by atoms with van der Waals surface area (Å²) in [4.78, 5) is 0. The molecule has 2 aromatic heterocycles. The molecule has 0 amide bonds. The maximum absolute atomic E-state index is 5.71. The zero-order valence-corrected chi connectivity index (χ0v) is 9.02. The lowest BCUT2D eigenvalue weighted by molar-refractivity contribution is 0.435. The van der Waals surface area contributed by atoms with Gasteiger partial charge in [0.25, 0.3) is 0 Å². The zero-order valence-electron chi connectivity index (χ0n) is 8.20. The van der Waals surface area contributed by atoms with Crippen molar-refractivity contribution in [2.45, 2.75) is 20.3 Å². The van der Waals surface area contributed by atoms with Crippen molar-refractivity contribution >= 4 is 17.2 Å². The van der Waals surface area contributed by atoms with Crippen LogP contribution in [0, 0.1) is 6.92 Å². The molecule has 0 aromatic carbocycles. The van der Waals surface area contributed by atoms with E-state index in [4.69, 9.17) is 10.3 Å². The number of rotatable bonds is 2. The molecule has 2 rings (SSSR count). The highest BCUT2D eigenvalue weighted by Crippen LogP contribution is 2.32. The van der Waals surface area contributed by atoms with Crippen molar-refractivity contribution in [2.75, 3.05) is 5.73 Å². The molecule has 0 aliphatic heterocycles. The summed E-state index contributed by atoms with van der Waals surface area (Å²) in [6.45, 7) is 4.11. The number of hydrogen-bond acceptors (Lipinski definition) is 4. The number of nitrogens with two attached hydrogens (primary N) is 1. The van der Waals surface area contributed by atoms with Crippen LogP contribution in [0.15, 0.2) is 15.3 Å². The van der Waals surface area contributed by atoms with Gasteiger partial charge < -0.3 is 10.3 Å². The van der Waals surface area contributed by atoms with Gasteiger partial charge in [-0.2, -0.15) is 11.3 Å². The predicted molar refractivity (Wildman–Crippen MR) is 58.3 cm³/mol. The van der Waals surface area contributed by atoms with Crippen LogP contribution in [0.4, 0.5) is 5.82 Å². The van der Waals surface area contributed by atoms with Crippen LogP contribution in [0.5, 0.6) is 0 Å². The maximum Gasteiger partial charge on any atom is 0.173 e. The average molecular weight is 208 g/mol. The van der Waals surface area contributed by atoms with E-state index in [1.54, 1.807) is 11.3 Å². The first kappa shape index (κ1) is 9.27. The number of nitrogen functional groups attached to an aromatic ring is 1. The molecule has 0 spiro atoms. The van der Waals surface area contributed by atoms with Gasteiger partial charge in [-0.1, -0.05) is 12.1 Å². The number of thiophene rings is 1. The Balaban J connectivity index is 2.57. The van der Waals surface area contributed by atoms with Crippen LogP contribution in [-0.4, -0.2) is 5.16 Å². The van der Waals surface area contributed by atoms with Crippen LogP contribution >= 0.6 is 11.3 Å². The molecule has 2 aromatic rings. The lowest BCUT2D eigenvalue weighted by Crippen LogP contribution is -1.90. The molecule has 0 unspecified atom stereocenters. The normalized spacial score (nSPS) is 10.7. The third-order valence-electron chi connectivity index (χ3n) is 2.27. The van der Waals surface area contributed by atoms with Crippen molar-refractivity contribution in [3.8, 4) is 11.3 Å². The van der Waals surface area contributed by atoms with Crippen molar-refractivity contribution in [1.29, 1.82) is 0 Å². The minimum Gasteiger partial charge on any atom is -0.381 e. The third-order valence-corrected chi connectivity index (χ3v) is 3.13. The molecular weight excluding hydrogens is 196 g/mol. The van der Waals surface area contributed by atoms with Crippen LogP contribution in [0.2, 0.25) is 0 Å². The summed E-state index contributed by atoms with van der Waals surface area (Å²) in [5, 5.41) is 7.95. The van der Waals surface area contributed by atoms with E-state index in [-0.39, 0.29) is 0 Å². The van der Waals surface area contributed by atoms with Gasteiger partial charge in [0.2, 0.25) is 0 Å². The largest absolute Gasteiger partial charge is 0.381 e. The minimum atomic E-state index is 0.508. The molecule has 0 radical (unpaired) electrons.